The molecule has 21 heavy (non-hydrogen) atoms. The topological polar surface area (TPSA) is 76.0 Å². The van der Waals surface area contributed by atoms with Crippen molar-refractivity contribution in [1.82, 2.24) is 0 Å². The number of carbonyl (C=O) groups excluding carboxylic acids is 1. The highest BCUT2D eigenvalue weighted by atomic mass is 16.8. The van der Waals surface area contributed by atoms with Gasteiger partial charge < -0.3 is 19.7 Å². The first-order valence-electron chi connectivity index (χ1n) is 7.22. The Hall–Kier alpha value is -1.43. The molecule has 1 heterocycles. The van der Waals surface area contributed by atoms with E-state index in [0.29, 0.717) is 18.4 Å². The van der Waals surface area contributed by atoms with Crippen LogP contribution in [-0.2, 0) is 19.9 Å². The molecule has 3 rings (SSSR count). The normalized spacial score (nSPS) is 38.5. The summed E-state index contributed by atoms with van der Waals surface area (Å²) in [7, 11) is 0. The van der Waals surface area contributed by atoms with Crippen LogP contribution in [0.1, 0.15) is 32.3 Å². The molecule has 4 unspecified atom stereocenters. The molecule has 0 bridgehead atoms. The van der Waals surface area contributed by atoms with Crippen LogP contribution in [0.4, 0.5) is 0 Å². The van der Waals surface area contributed by atoms with Crippen LogP contribution in [0.3, 0.4) is 0 Å². The molecule has 1 aliphatic heterocycles. The summed E-state index contributed by atoms with van der Waals surface area (Å²) in [4.78, 5) is 12.6. The summed E-state index contributed by atoms with van der Waals surface area (Å²) in [5, 5.41) is 20.1. The van der Waals surface area contributed by atoms with E-state index in [1.807, 2.05) is 18.2 Å². The quantitative estimate of drug-likeness (QED) is 0.804. The third-order valence-electron chi connectivity index (χ3n) is 4.35. The standard InChI is InChI=1S/C16H20O5/c1-15(2)20-14(19)16(21-15,10-6-4-3-5-7-10)11-8-9-12(17)13(11)18/h3-7,11-13,17-18H,8-9H2,1-2H3. The van der Waals surface area contributed by atoms with E-state index in [1.165, 1.54) is 0 Å². The number of rotatable bonds is 2. The predicted molar refractivity (Wildman–Crippen MR) is 74.1 cm³/mol. The summed E-state index contributed by atoms with van der Waals surface area (Å²) in [6.45, 7) is 3.35. The first-order valence-corrected chi connectivity index (χ1v) is 7.22. The SMILES string of the molecule is CC1(C)OC(=O)C(c2ccccc2)(C2CCC(O)C2O)O1. The fourth-order valence-corrected chi connectivity index (χ4v) is 3.46. The van der Waals surface area contributed by atoms with Crippen LogP contribution in [0, 0.1) is 5.92 Å². The fraction of sp³-hybridized carbons (Fsp3) is 0.562. The molecule has 1 aromatic carbocycles. The molecular formula is C16H20O5. The number of aliphatic hydroxyl groups excluding tert-OH is 2. The number of hydrogen-bond donors (Lipinski definition) is 2. The molecule has 1 aromatic rings. The first-order chi connectivity index (χ1) is 9.87. The second-order valence-electron chi connectivity index (χ2n) is 6.23. The van der Waals surface area contributed by atoms with Crippen molar-refractivity contribution in [3.8, 4) is 0 Å². The maximum absolute atomic E-state index is 12.6. The molecule has 1 saturated heterocycles. The molecule has 2 aliphatic rings. The summed E-state index contributed by atoms with van der Waals surface area (Å²) >= 11 is 0. The summed E-state index contributed by atoms with van der Waals surface area (Å²) in [6.07, 6.45) is -0.901. The van der Waals surface area contributed by atoms with Gasteiger partial charge >= 0.3 is 5.97 Å². The second-order valence-corrected chi connectivity index (χ2v) is 6.23. The van der Waals surface area contributed by atoms with Crippen molar-refractivity contribution in [3.63, 3.8) is 0 Å². The summed E-state index contributed by atoms with van der Waals surface area (Å²) < 4.78 is 11.4. The van der Waals surface area contributed by atoms with Gasteiger partial charge in [-0.1, -0.05) is 30.3 Å². The summed E-state index contributed by atoms with van der Waals surface area (Å²) in [5.74, 6) is -2.08. The number of ether oxygens (including phenoxy) is 2. The largest absolute Gasteiger partial charge is 0.431 e. The van der Waals surface area contributed by atoms with Crippen LogP contribution >= 0.6 is 0 Å². The minimum Gasteiger partial charge on any atom is -0.431 e. The molecule has 2 N–H and O–H groups in total. The fourth-order valence-electron chi connectivity index (χ4n) is 3.46. The third kappa shape index (κ3) is 2.16. The molecule has 0 amide bonds. The number of carbonyl (C=O) groups is 1. The lowest BCUT2D eigenvalue weighted by molar-refractivity contribution is -0.186. The van der Waals surface area contributed by atoms with Gasteiger partial charge in [0.2, 0.25) is 5.79 Å². The molecule has 5 heteroatoms. The Labute approximate surface area is 123 Å². The third-order valence-corrected chi connectivity index (χ3v) is 4.35. The van der Waals surface area contributed by atoms with Gasteiger partial charge in [-0.2, -0.15) is 0 Å². The molecule has 2 fully saturated rings. The van der Waals surface area contributed by atoms with Gasteiger partial charge in [-0.3, -0.25) is 0 Å². The summed E-state index contributed by atoms with van der Waals surface area (Å²) in [5.41, 5.74) is -0.708. The number of benzene rings is 1. The number of hydrogen-bond acceptors (Lipinski definition) is 5. The van der Waals surface area contributed by atoms with Crippen molar-refractivity contribution in [2.75, 3.05) is 0 Å². The average molecular weight is 292 g/mol. The van der Waals surface area contributed by atoms with Crippen molar-refractivity contribution in [1.29, 1.82) is 0 Å². The van der Waals surface area contributed by atoms with E-state index in [-0.39, 0.29) is 0 Å². The Morgan fingerprint density at radius 3 is 2.29 bits per heavy atom. The Morgan fingerprint density at radius 2 is 1.81 bits per heavy atom. The maximum Gasteiger partial charge on any atom is 0.346 e. The molecule has 1 saturated carbocycles. The lowest BCUT2D eigenvalue weighted by atomic mass is 9.79. The summed E-state index contributed by atoms with van der Waals surface area (Å²) in [6, 6.07) is 9.07. The van der Waals surface area contributed by atoms with E-state index in [0.717, 1.165) is 0 Å². The van der Waals surface area contributed by atoms with Gasteiger partial charge in [0, 0.05) is 19.8 Å². The molecule has 114 valence electrons. The number of cyclic esters (lactones) is 1. The zero-order valence-corrected chi connectivity index (χ0v) is 12.2. The van der Waals surface area contributed by atoms with Crippen molar-refractivity contribution in [3.05, 3.63) is 35.9 Å². The van der Waals surface area contributed by atoms with Gasteiger partial charge in [-0.05, 0) is 18.4 Å². The number of aliphatic hydroxyl groups is 2. The van der Waals surface area contributed by atoms with Gasteiger partial charge in [0.1, 0.15) is 0 Å². The highest BCUT2D eigenvalue weighted by Crippen LogP contribution is 2.50. The van der Waals surface area contributed by atoms with E-state index in [1.54, 1.807) is 26.0 Å². The highest BCUT2D eigenvalue weighted by molar-refractivity contribution is 5.84. The minimum atomic E-state index is -1.36. The maximum atomic E-state index is 12.6. The zero-order chi connectivity index (χ0) is 15.3. The van der Waals surface area contributed by atoms with Crippen LogP contribution in [0.2, 0.25) is 0 Å². The van der Waals surface area contributed by atoms with E-state index in [2.05, 4.69) is 0 Å². The van der Waals surface area contributed by atoms with Gasteiger partial charge in [0.25, 0.3) is 0 Å². The lowest BCUT2D eigenvalue weighted by Gasteiger charge is -2.34. The average Bonchev–Trinajstić information content (AvgIpc) is 2.89. The molecule has 5 nitrogen and oxygen atoms in total. The van der Waals surface area contributed by atoms with Crippen LogP contribution in [-0.4, -0.2) is 34.2 Å². The van der Waals surface area contributed by atoms with Crippen LogP contribution < -0.4 is 0 Å². The lowest BCUT2D eigenvalue weighted by Crippen LogP contribution is -2.47. The van der Waals surface area contributed by atoms with Crippen molar-refractivity contribution >= 4 is 5.97 Å². The van der Waals surface area contributed by atoms with Crippen LogP contribution in [0.15, 0.2) is 30.3 Å². The van der Waals surface area contributed by atoms with Crippen molar-refractivity contribution < 1.29 is 24.5 Å². The van der Waals surface area contributed by atoms with E-state index < -0.39 is 35.5 Å². The Balaban J connectivity index is 2.11. The van der Waals surface area contributed by atoms with Crippen LogP contribution in [0.25, 0.3) is 0 Å². The molecule has 0 spiro atoms. The van der Waals surface area contributed by atoms with Crippen LogP contribution in [0.5, 0.6) is 0 Å². The van der Waals surface area contributed by atoms with Crippen molar-refractivity contribution in [2.24, 2.45) is 5.92 Å². The Morgan fingerprint density at radius 1 is 1.14 bits per heavy atom. The first kappa shape index (κ1) is 14.5. The van der Waals surface area contributed by atoms with E-state index >= 15 is 0 Å². The van der Waals surface area contributed by atoms with Crippen molar-refractivity contribution in [2.45, 2.75) is 50.3 Å². The van der Waals surface area contributed by atoms with Gasteiger partial charge in [0.05, 0.1) is 12.2 Å². The Bertz CT molecular complexity index is 541. The number of esters is 1. The van der Waals surface area contributed by atoms with E-state index in [4.69, 9.17) is 9.47 Å². The molecule has 0 radical (unpaired) electrons. The minimum absolute atomic E-state index is 0.442. The highest BCUT2D eigenvalue weighted by Gasteiger charge is 2.63. The van der Waals surface area contributed by atoms with Gasteiger partial charge in [0.15, 0.2) is 5.60 Å². The van der Waals surface area contributed by atoms with E-state index in [9.17, 15) is 15.0 Å². The zero-order valence-electron chi connectivity index (χ0n) is 12.2. The molecule has 4 atom stereocenters. The molecule has 0 aromatic heterocycles. The Kier molecular flexibility index (Phi) is 3.31. The smallest absolute Gasteiger partial charge is 0.346 e. The molecular weight excluding hydrogens is 272 g/mol. The predicted octanol–water partition coefficient (Wildman–Crippen LogP) is 1.32. The van der Waals surface area contributed by atoms with Gasteiger partial charge in [-0.15, -0.1) is 0 Å². The van der Waals surface area contributed by atoms with Gasteiger partial charge in [-0.25, -0.2) is 4.79 Å². The molecule has 1 aliphatic carbocycles. The monoisotopic (exact) mass is 292 g/mol. The second kappa shape index (κ2) is 4.80.